The van der Waals surface area contributed by atoms with Crippen molar-refractivity contribution in [1.29, 1.82) is 0 Å². The Labute approximate surface area is 158 Å². The smallest absolute Gasteiger partial charge is 0.319 e. The van der Waals surface area contributed by atoms with Crippen molar-refractivity contribution in [1.82, 2.24) is 5.32 Å². The summed E-state index contributed by atoms with van der Waals surface area (Å²) in [5, 5.41) is 5.54. The van der Waals surface area contributed by atoms with E-state index < -0.39 is 0 Å². The number of ether oxygens (including phenoxy) is 2. The van der Waals surface area contributed by atoms with Crippen molar-refractivity contribution in [3.05, 3.63) is 90.5 Å². The van der Waals surface area contributed by atoms with Crippen molar-refractivity contribution >= 4 is 11.7 Å². The van der Waals surface area contributed by atoms with E-state index in [4.69, 9.17) is 9.47 Å². The maximum atomic E-state index is 11.9. The monoisotopic (exact) mass is 362 g/mol. The molecule has 0 heterocycles. The van der Waals surface area contributed by atoms with Crippen LogP contribution in [0.5, 0.6) is 11.5 Å². The van der Waals surface area contributed by atoms with Crippen molar-refractivity contribution in [2.75, 3.05) is 18.5 Å². The van der Waals surface area contributed by atoms with Gasteiger partial charge in [0.2, 0.25) is 0 Å². The summed E-state index contributed by atoms with van der Waals surface area (Å²) in [4.78, 5) is 11.9. The second kappa shape index (κ2) is 9.87. The zero-order chi connectivity index (χ0) is 18.7. The van der Waals surface area contributed by atoms with Crippen molar-refractivity contribution in [3.63, 3.8) is 0 Å². The number of benzene rings is 3. The van der Waals surface area contributed by atoms with E-state index in [0.717, 1.165) is 17.1 Å². The van der Waals surface area contributed by atoms with Crippen molar-refractivity contribution < 1.29 is 14.3 Å². The lowest BCUT2D eigenvalue weighted by molar-refractivity contribution is 0.247. The van der Waals surface area contributed by atoms with Gasteiger partial charge in [-0.1, -0.05) is 48.5 Å². The minimum atomic E-state index is -0.274. The number of carbonyl (C=O) groups excluding carboxylic acids is 1. The Kier molecular flexibility index (Phi) is 6.70. The third-order valence-corrected chi connectivity index (χ3v) is 3.76. The molecule has 27 heavy (non-hydrogen) atoms. The fourth-order valence-corrected chi connectivity index (χ4v) is 2.40. The van der Waals surface area contributed by atoms with Gasteiger partial charge in [0.25, 0.3) is 0 Å². The molecule has 3 aromatic rings. The van der Waals surface area contributed by atoms with Crippen LogP contribution in [0.1, 0.15) is 5.56 Å². The molecule has 0 aliphatic rings. The van der Waals surface area contributed by atoms with E-state index in [-0.39, 0.29) is 6.03 Å². The predicted molar refractivity (Wildman–Crippen MR) is 106 cm³/mol. The Hall–Kier alpha value is -3.47. The topological polar surface area (TPSA) is 59.6 Å². The maximum Gasteiger partial charge on any atom is 0.319 e. The molecule has 0 aromatic heterocycles. The minimum Gasteiger partial charge on any atom is -0.492 e. The average molecular weight is 362 g/mol. The van der Waals surface area contributed by atoms with Gasteiger partial charge in [-0.15, -0.1) is 0 Å². The molecule has 2 amide bonds. The number of amides is 2. The van der Waals surface area contributed by atoms with Crippen LogP contribution in [-0.2, 0) is 6.61 Å². The molecule has 5 nitrogen and oxygen atoms in total. The zero-order valence-corrected chi connectivity index (χ0v) is 14.9. The number of hydrogen-bond donors (Lipinski definition) is 2. The van der Waals surface area contributed by atoms with E-state index in [1.807, 2.05) is 72.8 Å². The highest BCUT2D eigenvalue weighted by Crippen LogP contribution is 2.17. The van der Waals surface area contributed by atoms with Crippen LogP contribution in [-0.4, -0.2) is 19.2 Å². The maximum absolute atomic E-state index is 11.9. The van der Waals surface area contributed by atoms with Crippen LogP contribution in [0.4, 0.5) is 10.5 Å². The molecule has 138 valence electrons. The zero-order valence-electron chi connectivity index (χ0n) is 14.9. The minimum absolute atomic E-state index is 0.274. The molecular weight excluding hydrogens is 340 g/mol. The summed E-state index contributed by atoms with van der Waals surface area (Å²) >= 11 is 0. The van der Waals surface area contributed by atoms with Gasteiger partial charge in [0.15, 0.2) is 0 Å². The van der Waals surface area contributed by atoms with Gasteiger partial charge in [-0.25, -0.2) is 4.79 Å². The lowest BCUT2D eigenvalue weighted by atomic mass is 10.2. The Bertz CT molecular complexity index is 821. The molecular formula is C22H22N2O3. The van der Waals surface area contributed by atoms with E-state index in [9.17, 15) is 4.79 Å². The Morgan fingerprint density at radius 1 is 0.741 bits per heavy atom. The number of nitrogens with one attached hydrogen (secondary N) is 2. The van der Waals surface area contributed by atoms with Crippen LogP contribution in [0.3, 0.4) is 0 Å². The third kappa shape index (κ3) is 6.40. The summed E-state index contributed by atoms with van der Waals surface area (Å²) < 4.78 is 11.3. The van der Waals surface area contributed by atoms with E-state index >= 15 is 0 Å². The number of hydrogen-bond acceptors (Lipinski definition) is 3. The third-order valence-electron chi connectivity index (χ3n) is 3.76. The quantitative estimate of drug-likeness (QED) is 0.582. The van der Waals surface area contributed by atoms with E-state index in [0.29, 0.717) is 25.4 Å². The molecule has 0 saturated heterocycles. The first kappa shape index (κ1) is 18.3. The molecule has 3 rings (SSSR count). The predicted octanol–water partition coefficient (Wildman–Crippen LogP) is 4.47. The first-order valence-electron chi connectivity index (χ1n) is 8.79. The Balaban J connectivity index is 1.36. The molecule has 3 aromatic carbocycles. The van der Waals surface area contributed by atoms with Crippen LogP contribution in [0.2, 0.25) is 0 Å². The second-order valence-electron chi connectivity index (χ2n) is 5.84. The summed E-state index contributed by atoms with van der Waals surface area (Å²) in [6.07, 6.45) is 0. The molecule has 0 saturated carbocycles. The van der Waals surface area contributed by atoms with Crippen LogP contribution < -0.4 is 20.1 Å². The van der Waals surface area contributed by atoms with Gasteiger partial charge in [-0.2, -0.15) is 0 Å². The lowest BCUT2D eigenvalue weighted by Gasteiger charge is -2.10. The Morgan fingerprint density at radius 2 is 1.37 bits per heavy atom. The number of urea groups is 1. The number of carbonyl (C=O) groups is 1. The first-order chi connectivity index (χ1) is 13.3. The van der Waals surface area contributed by atoms with Crippen LogP contribution >= 0.6 is 0 Å². The number of anilines is 1. The summed E-state index contributed by atoms with van der Waals surface area (Å²) in [6, 6.07) is 26.5. The SMILES string of the molecule is O=C(NCCOc1ccccc1)Nc1ccc(OCc2ccccc2)cc1. The highest BCUT2D eigenvalue weighted by molar-refractivity contribution is 5.89. The van der Waals surface area contributed by atoms with E-state index in [2.05, 4.69) is 10.6 Å². The van der Waals surface area contributed by atoms with E-state index in [1.165, 1.54) is 0 Å². The van der Waals surface area contributed by atoms with Gasteiger partial charge in [-0.05, 0) is 42.0 Å². The summed E-state index contributed by atoms with van der Waals surface area (Å²) in [5.74, 6) is 1.53. The molecule has 0 spiro atoms. The highest BCUT2D eigenvalue weighted by atomic mass is 16.5. The molecule has 2 N–H and O–H groups in total. The summed E-state index contributed by atoms with van der Waals surface area (Å²) in [6.45, 7) is 1.33. The van der Waals surface area contributed by atoms with Gasteiger partial charge >= 0.3 is 6.03 Å². The van der Waals surface area contributed by atoms with Crippen molar-refractivity contribution in [2.24, 2.45) is 0 Å². The van der Waals surface area contributed by atoms with Gasteiger partial charge in [-0.3, -0.25) is 0 Å². The fourth-order valence-electron chi connectivity index (χ4n) is 2.40. The molecule has 0 radical (unpaired) electrons. The highest BCUT2D eigenvalue weighted by Gasteiger charge is 2.02. The molecule has 5 heteroatoms. The van der Waals surface area contributed by atoms with Crippen LogP contribution in [0.25, 0.3) is 0 Å². The molecule has 0 aliphatic carbocycles. The second-order valence-corrected chi connectivity index (χ2v) is 5.84. The molecule has 0 fully saturated rings. The number of rotatable bonds is 8. The van der Waals surface area contributed by atoms with Gasteiger partial charge < -0.3 is 20.1 Å². The van der Waals surface area contributed by atoms with Crippen LogP contribution in [0, 0.1) is 0 Å². The largest absolute Gasteiger partial charge is 0.492 e. The number of para-hydroxylation sites is 1. The molecule has 0 atom stereocenters. The normalized spacial score (nSPS) is 10.1. The van der Waals surface area contributed by atoms with Crippen molar-refractivity contribution in [2.45, 2.75) is 6.61 Å². The molecule has 0 bridgehead atoms. The standard InChI is InChI=1S/C22H22N2O3/c25-22(23-15-16-26-20-9-5-2-6-10-20)24-19-11-13-21(14-12-19)27-17-18-7-3-1-4-8-18/h1-14H,15-17H2,(H2,23,24,25). The molecule has 0 unspecified atom stereocenters. The summed E-state index contributed by atoms with van der Waals surface area (Å²) in [5.41, 5.74) is 1.81. The average Bonchev–Trinajstić information content (AvgIpc) is 2.72. The molecule has 0 aliphatic heterocycles. The fraction of sp³-hybridized carbons (Fsp3) is 0.136. The summed E-state index contributed by atoms with van der Waals surface area (Å²) in [7, 11) is 0. The van der Waals surface area contributed by atoms with Crippen LogP contribution in [0.15, 0.2) is 84.9 Å². The Morgan fingerprint density at radius 3 is 2.07 bits per heavy atom. The van der Waals surface area contributed by atoms with Gasteiger partial charge in [0.1, 0.15) is 24.7 Å². The van der Waals surface area contributed by atoms with Crippen molar-refractivity contribution in [3.8, 4) is 11.5 Å². The van der Waals surface area contributed by atoms with Gasteiger partial charge in [0.05, 0.1) is 6.54 Å². The lowest BCUT2D eigenvalue weighted by Crippen LogP contribution is -2.32. The first-order valence-corrected chi connectivity index (χ1v) is 8.79. The van der Waals surface area contributed by atoms with E-state index in [1.54, 1.807) is 12.1 Å². The van der Waals surface area contributed by atoms with Gasteiger partial charge in [0, 0.05) is 5.69 Å².